The van der Waals surface area contributed by atoms with E-state index in [1.165, 1.54) is 6.07 Å². The first kappa shape index (κ1) is 12.5. The lowest BCUT2D eigenvalue weighted by Crippen LogP contribution is -2.27. The number of sulfone groups is 1. The van der Waals surface area contributed by atoms with Gasteiger partial charge in [-0.2, -0.15) is 0 Å². The van der Waals surface area contributed by atoms with Crippen LogP contribution in [0.2, 0.25) is 0 Å². The molecular formula is C12H16FNO2S. The standard InChI is InChI=1S/C12H16FNO2S/c1-17(15,16)10-2-3-11(12(13)8-10)9-4-6-14-7-5-9/h2-3,8-9,14H,4-7H2,1H3. The molecular weight excluding hydrogens is 241 g/mol. The number of halogens is 1. The van der Waals surface area contributed by atoms with E-state index in [1.54, 1.807) is 6.07 Å². The van der Waals surface area contributed by atoms with Gasteiger partial charge in [0, 0.05) is 6.26 Å². The fourth-order valence-corrected chi connectivity index (χ4v) is 2.84. The summed E-state index contributed by atoms with van der Waals surface area (Å²) >= 11 is 0. The maximum atomic E-state index is 13.9. The van der Waals surface area contributed by atoms with Gasteiger partial charge in [0.25, 0.3) is 0 Å². The molecule has 0 unspecified atom stereocenters. The van der Waals surface area contributed by atoms with E-state index in [2.05, 4.69) is 5.32 Å². The molecule has 0 spiro atoms. The van der Waals surface area contributed by atoms with Crippen LogP contribution in [0.3, 0.4) is 0 Å². The van der Waals surface area contributed by atoms with E-state index in [4.69, 9.17) is 0 Å². The smallest absolute Gasteiger partial charge is 0.175 e. The zero-order valence-corrected chi connectivity index (χ0v) is 10.6. The van der Waals surface area contributed by atoms with Crippen LogP contribution in [0.5, 0.6) is 0 Å². The van der Waals surface area contributed by atoms with Crippen molar-refractivity contribution in [3.05, 3.63) is 29.6 Å². The molecule has 1 aliphatic rings. The van der Waals surface area contributed by atoms with Crippen molar-refractivity contribution in [2.45, 2.75) is 23.7 Å². The van der Waals surface area contributed by atoms with Crippen LogP contribution in [0.25, 0.3) is 0 Å². The lowest BCUT2D eigenvalue weighted by atomic mass is 9.90. The van der Waals surface area contributed by atoms with Crippen molar-refractivity contribution in [1.29, 1.82) is 0 Å². The molecule has 1 aromatic rings. The van der Waals surface area contributed by atoms with Gasteiger partial charge >= 0.3 is 0 Å². The molecule has 17 heavy (non-hydrogen) atoms. The van der Waals surface area contributed by atoms with Crippen molar-refractivity contribution in [3.63, 3.8) is 0 Å². The fourth-order valence-electron chi connectivity index (χ4n) is 2.20. The topological polar surface area (TPSA) is 46.2 Å². The highest BCUT2D eigenvalue weighted by Gasteiger charge is 2.20. The third kappa shape index (κ3) is 2.84. The maximum Gasteiger partial charge on any atom is 0.175 e. The number of rotatable bonds is 2. The van der Waals surface area contributed by atoms with Crippen molar-refractivity contribution in [2.24, 2.45) is 0 Å². The molecule has 1 fully saturated rings. The van der Waals surface area contributed by atoms with Crippen LogP contribution in [-0.4, -0.2) is 27.8 Å². The SMILES string of the molecule is CS(=O)(=O)c1ccc(C2CCNCC2)c(F)c1. The van der Waals surface area contributed by atoms with Crippen LogP contribution in [0.4, 0.5) is 4.39 Å². The van der Waals surface area contributed by atoms with Crippen molar-refractivity contribution in [1.82, 2.24) is 5.32 Å². The minimum Gasteiger partial charge on any atom is -0.317 e. The fraction of sp³-hybridized carbons (Fsp3) is 0.500. The Hall–Kier alpha value is -0.940. The van der Waals surface area contributed by atoms with Crippen LogP contribution in [-0.2, 0) is 9.84 Å². The minimum absolute atomic E-state index is 0.0488. The van der Waals surface area contributed by atoms with Crippen LogP contribution < -0.4 is 5.32 Å². The summed E-state index contributed by atoms with van der Waals surface area (Å²) in [6, 6.07) is 4.24. The molecule has 0 aliphatic carbocycles. The van der Waals surface area contributed by atoms with Crippen molar-refractivity contribution >= 4 is 9.84 Å². The second-order valence-electron chi connectivity index (χ2n) is 4.48. The van der Waals surface area contributed by atoms with E-state index in [1.807, 2.05) is 0 Å². The van der Waals surface area contributed by atoms with E-state index in [9.17, 15) is 12.8 Å². The average molecular weight is 257 g/mol. The molecule has 3 nitrogen and oxygen atoms in total. The van der Waals surface area contributed by atoms with Gasteiger partial charge in [0.05, 0.1) is 4.90 Å². The lowest BCUT2D eigenvalue weighted by Gasteiger charge is -2.23. The van der Waals surface area contributed by atoms with E-state index < -0.39 is 15.7 Å². The first-order valence-electron chi connectivity index (χ1n) is 5.69. The number of hydrogen-bond acceptors (Lipinski definition) is 3. The molecule has 5 heteroatoms. The zero-order chi connectivity index (χ0) is 12.5. The Morgan fingerprint density at radius 3 is 2.47 bits per heavy atom. The van der Waals surface area contributed by atoms with E-state index >= 15 is 0 Å². The van der Waals surface area contributed by atoms with Crippen molar-refractivity contribution in [3.8, 4) is 0 Å². The maximum absolute atomic E-state index is 13.9. The second-order valence-corrected chi connectivity index (χ2v) is 6.50. The third-order valence-electron chi connectivity index (χ3n) is 3.18. The zero-order valence-electron chi connectivity index (χ0n) is 9.74. The molecule has 0 amide bonds. The summed E-state index contributed by atoms with van der Waals surface area (Å²) in [6.45, 7) is 1.77. The van der Waals surface area contributed by atoms with Crippen LogP contribution in [0, 0.1) is 5.82 Å². The molecule has 1 saturated heterocycles. The second kappa shape index (κ2) is 4.74. The molecule has 0 atom stereocenters. The van der Waals surface area contributed by atoms with E-state index in [0.29, 0.717) is 5.56 Å². The molecule has 1 heterocycles. The minimum atomic E-state index is -3.33. The summed E-state index contributed by atoms with van der Waals surface area (Å²) in [5.41, 5.74) is 0.638. The first-order valence-corrected chi connectivity index (χ1v) is 7.58. The molecule has 0 radical (unpaired) electrons. The van der Waals surface area contributed by atoms with Gasteiger partial charge in [-0.25, -0.2) is 12.8 Å². The summed E-state index contributed by atoms with van der Waals surface area (Å²) in [5.74, 6) is -0.204. The van der Waals surface area contributed by atoms with Gasteiger partial charge in [0.15, 0.2) is 9.84 Å². The summed E-state index contributed by atoms with van der Waals surface area (Å²) in [6.07, 6.45) is 2.89. The number of hydrogen-bond donors (Lipinski definition) is 1. The molecule has 2 rings (SSSR count). The van der Waals surface area contributed by atoms with Gasteiger partial charge in [-0.15, -0.1) is 0 Å². The number of piperidine rings is 1. The van der Waals surface area contributed by atoms with Gasteiger partial charge in [-0.1, -0.05) is 6.07 Å². The summed E-state index contributed by atoms with van der Waals surface area (Å²) in [4.78, 5) is 0.0488. The molecule has 1 N–H and O–H groups in total. The monoisotopic (exact) mass is 257 g/mol. The predicted octanol–water partition coefficient (Wildman–Crippen LogP) is 1.70. The molecule has 1 aromatic carbocycles. The average Bonchev–Trinajstić information content (AvgIpc) is 2.29. The number of nitrogens with one attached hydrogen (secondary N) is 1. The van der Waals surface area contributed by atoms with Crippen LogP contribution in [0.1, 0.15) is 24.3 Å². The largest absolute Gasteiger partial charge is 0.317 e. The molecule has 0 bridgehead atoms. The Morgan fingerprint density at radius 2 is 1.94 bits per heavy atom. The Bertz CT molecular complexity index is 507. The summed E-state index contributed by atoms with van der Waals surface area (Å²) in [7, 11) is -3.33. The highest BCUT2D eigenvalue weighted by molar-refractivity contribution is 7.90. The Morgan fingerprint density at radius 1 is 1.29 bits per heavy atom. The molecule has 0 aromatic heterocycles. The van der Waals surface area contributed by atoms with Crippen LogP contribution >= 0.6 is 0 Å². The predicted molar refractivity (Wildman–Crippen MR) is 64.4 cm³/mol. The summed E-state index contributed by atoms with van der Waals surface area (Å²) < 4.78 is 36.5. The number of benzene rings is 1. The molecule has 1 aliphatic heterocycles. The molecule has 0 saturated carbocycles. The third-order valence-corrected chi connectivity index (χ3v) is 4.29. The van der Waals surface area contributed by atoms with Gasteiger partial charge in [-0.05, 0) is 49.5 Å². The molecule has 94 valence electrons. The van der Waals surface area contributed by atoms with Gasteiger partial charge < -0.3 is 5.32 Å². The van der Waals surface area contributed by atoms with E-state index in [-0.39, 0.29) is 10.8 Å². The van der Waals surface area contributed by atoms with Gasteiger partial charge in [-0.3, -0.25) is 0 Å². The lowest BCUT2D eigenvalue weighted by molar-refractivity contribution is 0.444. The van der Waals surface area contributed by atoms with Crippen molar-refractivity contribution in [2.75, 3.05) is 19.3 Å². The first-order chi connectivity index (χ1) is 7.98. The van der Waals surface area contributed by atoms with Gasteiger partial charge in [0.2, 0.25) is 0 Å². The summed E-state index contributed by atoms with van der Waals surface area (Å²) in [5, 5.41) is 3.22. The Kier molecular flexibility index (Phi) is 3.49. The normalized spacial score (nSPS) is 18.2. The van der Waals surface area contributed by atoms with Crippen LogP contribution in [0.15, 0.2) is 23.1 Å². The quantitative estimate of drug-likeness (QED) is 0.877. The van der Waals surface area contributed by atoms with E-state index in [0.717, 1.165) is 38.3 Å². The highest BCUT2D eigenvalue weighted by atomic mass is 32.2. The Balaban J connectivity index is 2.31. The highest BCUT2D eigenvalue weighted by Crippen LogP contribution is 2.28. The van der Waals surface area contributed by atoms with Gasteiger partial charge in [0.1, 0.15) is 5.82 Å². The van der Waals surface area contributed by atoms with Crippen molar-refractivity contribution < 1.29 is 12.8 Å². The Labute approximate surface area is 101 Å².